The SMILES string of the molecule is CC[C@@H](C(=O)Nc1ccc(OC)cc1)N(c1ccc(Cl)c(Cl)c1)S(C)(=O)=O. The lowest BCUT2D eigenvalue weighted by Gasteiger charge is -2.30. The van der Waals surface area contributed by atoms with Crippen molar-refractivity contribution in [2.24, 2.45) is 0 Å². The van der Waals surface area contributed by atoms with Gasteiger partial charge in [0.15, 0.2) is 0 Å². The first-order chi connectivity index (χ1) is 12.7. The molecule has 0 fully saturated rings. The largest absolute Gasteiger partial charge is 0.497 e. The average Bonchev–Trinajstić information content (AvgIpc) is 2.61. The number of carbonyl (C=O) groups is 1. The molecule has 1 amide bonds. The molecular formula is C18H20Cl2N2O4S. The van der Waals surface area contributed by atoms with Crippen molar-refractivity contribution in [2.45, 2.75) is 19.4 Å². The molecule has 0 radical (unpaired) electrons. The summed E-state index contributed by atoms with van der Waals surface area (Å²) in [5, 5.41) is 3.23. The van der Waals surface area contributed by atoms with Crippen molar-refractivity contribution in [1.82, 2.24) is 0 Å². The summed E-state index contributed by atoms with van der Waals surface area (Å²) in [5.74, 6) is 0.188. The Hall–Kier alpha value is -1.96. The summed E-state index contributed by atoms with van der Waals surface area (Å²) in [4.78, 5) is 12.8. The molecule has 0 spiro atoms. The number of hydrogen-bond donors (Lipinski definition) is 1. The molecule has 0 aliphatic heterocycles. The van der Waals surface area contributed by atoms with Crippen LogP contribution in [0.1, 0.15) is 13.3 Å². The van der Waals surface area contributed by atoms with Crippen molar-refractivity contribution < 1.29 is 17.9 Å². The summed E-state index contributed by atoms with van der Waals surface area (Å²) < 4.78 is 31.0. The molecule has 6 nitrogen and oxygen atoms in total. The second kappa shape index (κ2) is 8.82. The highest BCUT2D eigenvalue weighted by atomic mass is 35.5. The zero-order chi connectivity index (χ0) is 20.2. The van der Waals surface area contributed by atoms with Gasteiger partial charge in [0.1, 0.15) is 11.8 Å². The number of hydrogen-bond acceptors (Lipinski definition) is 4. The lowest BCUT2D eigenvalue weighted by atomic mass is 10.1. The molecule has 9 heteroatoms. The molecule has 1 atom stereocenters. The van der Waals surface area contributed by atoms with Gasteiger partial charge in [-0.25, -0.2) is 8.42 Å². The quantitative estimate of drug-likeness (QED) is 0.714. The van der Waals surface area contributed by atoms with E-state index in [-0.39, 0.29) is 17.1 Å². The number of sulfonamides is 1. The van der Waals surface area contributed by atoms with Crippen LogP contribution in [0.5, 0.6) is 5.75 Å². The highest BCUT2D eigenvalue weighted by molar-refractivity contribution is 7.92. The predicted octanol–water partition coefficient (Wildman–Crippen LogP) is 4.19. The van der Waals surface area contributed by atoms with Gasteiger partial charge in [-0.1, -0.05) is 30.1 Å². The standard InChI is InChI=1S/C18H20Cl2N2O4S/c1-4-17(18(23)21-12-5-8-14(26-2)9-6-12)22(27(3,24)25)13-7-10-15(19)16(20)11-13/h5-11,17H,4H2,1-3H3,(H,21,23)/t17-/m0/s1. The molecular weight excluding hydrogens is 411 g/mol. The van der Waals surface area contributed by atoms with Crippen LogP contribution in [-0.4, -0.2) is 33.7 Å². The maximum absolute atomic E-state index is 12.8. The molecule has 27 heavy (non-hydrogen) atoms. The summed E-state index contributed by atoms with van der Waals surface area (Å²) in [6.45, 7) is 1.73. The van der Waals surface area contributed by atoms with Crippen LogP contribution in [0.2, 0.25) is 10.0 Å². The van der Waals surface area contributed by atoms with Gasteiger partial charge in [0.05, 0.1) is 29.1 Å². The van der Waals surface area contributed by atoms with Gasteiger partial charge in [-0.2, -0.15) is 0 Å². The van der Waals surface area contributed by atoms with Gasteiger partial charge in [0.2, 0.25) is 15.9 Å². The lowest BCUT2D eigenvalue weighted by molar-refractivity contribution is -0.117. The first-order valence-electron chi connectivity index (χ1n) is 8.06. The second-order valence-corrected chi connectivity index (χ2v) is 8.47. The van der Waals surface area contributed by atoms with Gasteiger partial charge in [0.25, 0.3) is 0 Å². The zero-order valence-electron chi connectivity index (χ0n) is 15.1. The van der Waals surface area contributed by atoms with Crippen LogP contribution >= 0.6 is 23.2 Å². The highest BCUT2D eigenvalue weighted by Gasteiger charge is 2.31. The van der Waals surface area contributed by atoms with E-state index in [0.29, 0.717) is 16.5 Å². The minimum absolute atomic E-state index is 0.202. The molecule has 146 valence electrons. The highest BCUT2D eigenvalue weighted by Crippen LogP contribution is 2.30. The molecule has 0 aliphatic carbocycles. The molecule has 0 aliphatic rings. The van der Waals surface area contributed by atoms with Crippen molar-refractivity contribution in [2.75, 3.05) is 23.0 Å². The molecule has 2 rings (SSSR count). The monoisotopic (exact) mass is 430 g/mol. The minimum Gasteiger partial charge on any atom is -0.497 e. The maximum Gasteiger partial charge on any atom is 0.248 e. The van der Waals surface area contributed by atoms with Crippen LogP contribution in [0.15, 0.2) is 42.5 Å². The van der Waals surface area contributed by atoms with Crippen LogP contribution in [-0.2, 0) is 14.8 Å². The van der Waals surface area contributed by atoms with Gasteiger partial charge in [-0.15, -0.1) is 0 Å². The Morgan fingerprint density at radius 3 is 2.26 bits per heavy atom. The van der Waals surface area contributed by atoms with E-state index >= 15 is 0 Å². The maximum atomic E-state index is 12.8. The van der Waals surface area contributed by atoms with Gasteiger partial charge in [0, 0.05) is 5.69 Å². The van der Waals surface area contributed by atoms with Gasteiger partial charge < -0.3 is 10.1 Å². The van der Waals surface area contributed by atoms with Gasteiger partial charge in [-0.3, -0.25) is 9.10 Å². The number of nitrogens with zero attached hydrogens (tertiary/aromatic N) is 1. The Balaban J connectivity index is 2.36. The Kier molecular flexibility index (Phi) is 6.97. The van der Waals surface area contributed by atoms with Crippen molar-refractivity contribution in [3.63, 3.8) is 0 Å². The fourth-order valence-electron chi connectivity index (χ4n) is 2.58. The minimum atomic E-state index is -3.76. The fraction of sp³-hybridized carbons (Fsp3) is 0.278. The van der Waals surface area contributed by atoms with Crippen molar-refractivity contribution in [3.05, 3.63) is 52.5 Å². The molecule has 0 saturated heterocycles. The number of benzene rings is 2. The zero-order valence-corrected chi connectivity index (χ0v) is 17.4. The topological polar surface area (TPSA) is 75.7 Å². The number of carbonyl (C=O) groups excluding carboxylic acids is 1. The van der Waals surface area contributed by atoms with Crippen LogP contribution in [0.3, 0.4) is 0 Å². The van der Waals surface area contributed by atoms with E-state index in [1.807, 2.05) is 0 Å². The van der Waals surface area contributed by atoms with E-state index in [0.717, 1.165) is 10.6 Å². The first-order valence-corrected chi connectivity index (χ1v) is 10.7. The molecule has 0 aromatic heterocycles. The Morgan fingerprint density at radius 1 is 1.15 bits per heavy atom. The molecule has 0 heterocycles. The predicted molar refractivity (Wildman–Crippen MR) is 109 cm³/mol. The third-order valence-electron chi connectivity index (χ3n) is 3.84. The van der Waals surface area contributed by atoms with Crippen LogP contribution < -0.4 is 14.4 Å². The number of nitrogens with one attached hydrogen (secondary N) is 1. The average molecular weight is 431 g/mol. The fourth-order valence-corrected chi connectivity index (χ4v) is 4.08. The Labute approximate surface area is 169 Å². The summed E-state index contributed by atoms with van der Waals surface area (Å²) in [6.07, 6.45) is 1.30. The second-order valence-electron chi connectivity index (χ2n) is 5.80. The first kappa shape index (κ1) is 21.3. The molecule has 2 aromatic carbocycles. The number of ether oxygens (including phenoxy) is 1. The van der Waals surface area contributed by atoms with E-state index < -0.39 is 22.0 Å². The lowest BCUT2D eigenvalue weighted by Crippen LogP contribution is -2.47. The van der Waals surface area contributed by atoms with Crippen molar-refractivity contribution in [1.29, 1.82) is 0 Å². The third kappa shape index (κ3) is 5.28. The number of amides is 1. The summed E-state index contributed by atoms with van der Waals surface area (Å²) >= 11 is 11.9. The summed E-state index contributed by atoms with van der Waals surface area (Å²) in [6, 6.07) is 10.2. The smallest absolute Gasteiger partial charge is 0.248 e. The molecule has 0 saturated carbocycles. The van der Waals surface area contributed by atoms with E-state index in [2.05, 4.69) is 5.32 Å². The number of methoxy groups -OCH3 is 1. The van der Waals surface area contributed by atoms with E-state index in [1.54, 1.807) is 38.3 Å². The van der Waals surface area contributed by atoms with Gasteiger partial charge >= 0.3 is 0 Å². The number of anilines is 2. The summed E-state index contributed by atoms with van der Waals surface area (Å²) in [5.41, 5.74) is 0.797. The van der Waals surface area contributed by atoms with Crippen molar-refractivity contribution in [3.8, 4) is 5.75 Å². The van der Waals surface area contributed by atoms with Crippen LogP contribution in [0.4, 0.5) is 11.4 Å². The molecule has 1 N–H and O–H groups in total. The van der Waals surface area contributed by atoms with E-state index in [9.17, 15) is 13.2 Å². The molecule has 0 unspecified atom stereocenters. The molecule has 0 bridgehead atoms. The van der Waals surface area contributed by atoms with E-state index in [4.69, 9.17) is 27.9 Å². The van der Waals surface area contributed by atoms with E-state index in [1.165, 1.54) is 18.2 Å². The van der Waals surface area contributed by atoms with Crippen LogP contribution in [0, 0.1) is 0 Å². The third-order valence-corrected chi connectivity index (χ3v) is 5.76. The number of halogens is 2. The van der Waals surface area contributed by atoms with Gasteiger partial charge in [-0.05, 0) is 48.9 Å². The Morgan fingerprint density at radius 2 is 1.78 bits per heavy atom. The summed E-state index contributed by atoms with van der Waals surface area (Å²) in [7, 11) is -2.21. The Bertz CT molecular complexity index is 917. The molecule has 2 aromatic rings. The normalized spacial score (nSPS) is 12.3. The number of rotatable bonds is 7. The van der Waals surface area contributed by atoms with Crippen LogP contribution in [0.25, 0.3) is 0 Å². The van der Waals surface area contributed by atoms with Crippen molar-refractivity contribution >= 4 is 50.5 Å².